The third-order valence-electron chi connectivity index (χ3n) is 5.24. The number of thiophene rings is 1. The van der Waals surface area contributed by atoms with Gasteiger partial charge in [0.25, 0.3) is 0 Å². The second kappa shape index (κ2) is 8.64. The molecule has 0 atom stereocenters. The van der Waals surface area contributed by atoms with Crippen molar-refractivity contribution in [2.24, 2.45) is 0 Å². The van der Waals surface area contributed by atoms with E-state index in [0.29, 0.717) is 17.5 Å². The Balaban J connectivity index is 1.39. The van der Waals surface area contributed by atoms with Crippen LogP contribution in [0.25, 0.3) is 17.1 Å². The molecule has 0 radical (unpaired) electrons. The van der Waals surface area contributed by atoms with Crippen molar-refractivity contribution in [1.82, 2.24) is 19.7 Å². The van der Waals surface area contributed by atoms with E-state index in [9.17, 15) is 9.18 Å². The Hall–Kier alpha value is -2.97. The maximum Gasteiger partial charge on any atom is 0.233 e. The summed E-state index contributed by atoms with van der Waals surface area (Å²) in [4.78, 5) is 16.2. The van der Waals surface area contributed by atoms with Gasteiger partial charge in [-0.05, 0) is 47.7 Å². The van der Waals surface area contributed by atoms with Crippen LogP contribution in [0.2, 0.25) is 0 Å². The number of hydrogen-bond donors (Lipinski definition) is 0. The molecule has 0 saturated carbocycles. The van der Waals surface area contributed by atoms with Gasteiger partial charge in [-0.15, -0.1) is 21.5 Å². The molecule has 0 saturated heterocycles. The van der Waals surface area contributed by atoms with Crippen LogP contribution in [0.3, 0.4) is 0 Å². The molecule has 2 aromatic carbocycles. The lowest BCUT2D eigenvalue weighted by atomic mass is 10.1. The number of aromatic nitrogens is 3. The van der Waals surface area contributed by atoms with E-state index >= 15 is 0 Å². The Morgan fingerprint density at radius 2 is 1.87 bits per heavy atom. The lowest BCUT2D eigenvalue weighted by Crippen LogP contribution is -2.36. The molecular weight excluding hydrogens is 431 g/mol. The molecule has 0 unspecified atom stereocenters. The van der Waals surface area contributed by atoms with Crippen LogP contribution >= 0.6 is 23.1 Å². The zero-order chi connectivity index (χ0) is 21.2. The van der Waals surface area contributed by atoms with Crippen LogP contribution in [0.5, 0.6) is 0 Å². The van der Waals surface area contributed by atoms with Gasteiger partial charge < -0.3 is 4.90 Å². The summed E-state index contributed by atoms with van der Waals surface area (Å²) in [5, 5.41) is 11.4. The van der Waals surface area contributed by atoms with E-state index in [4.69, 9.17) is 0 Å². The first-order chi connectivity index (χ1) is 15.2. The van der Waals surface area contributed by atoms with Gasteiger partial charge in [-0.1, -0.05) is 42.1 Å². The first-order valence-electron chi connectivity index (χ1n) is 9.91. The molecule has 2 aromatic heterocycles. The van der Waals surface area contributed by atoms with E-state index in [2.05, 4.69) is 21.6 Å². The Bertz CT molecular complexity index is 1200. The Morgan fingerprint density at radius 3 is 2.68 bits per heavy atom. The van der Waals surface area contributed by atoms with Crippen LogP contribution in [0.1, 0.15) is 10.4 Å². The average Bonchev–Trinajstić information content (AvgIpc) is 3.45. The smallest absolute Gasteiger partial charge is 0.233 e. The first-order valence-corrected chi connectivity index (χ1v) is 11.8. The van der Waals surface area contributed by atoms with Gasteiger partial charge in [-0.2, -0.15) is 0 Å². The minimum Gasteiger partial charge on any atom is -0.337 e. The van der Waals surface area contributed by atoms with Crippen molar-refractivity contribution < 1.29 is 9.18 Å². The van der Waals surface area contributed by atoms with Crippen LogP contribution < -0.4 is 0 Å². The number of rotatable bonds is 5. The van der Waals surface area contributed by atoms with E-state index in [0.717, 1.165) is 24.2 Å². The number of halogens is 1. The van der Waals surface area contributed by atoms with Gasteiger partial charge in [-0.3, -0.25) is 9.36 Å². The Kier molecular flexibility index (Phi) is 5.57. The van der Waals surface area contributed by atoms with Crippen LogP contribution in [0.15, 0.2) is 71.2 Å². The van der Waals surface area contributed by atoms with Gasteiger partial charge >= 0.3 is 0 Å². The fourth-order valence-corrected chi connectivity index (χ4v) is 5.38. The van der Waals surface area contributed by atoms with E-state index in [1.54, 1.807) is 23.5 Å². The van der Waals surface area contributed by atoms with Crippen LogP contribution in [0.4, 0.5) is 4.39 Å². The number of benzene rings is 2. The molecule has 8 heteroatoms. The molecule has 156 valence electrons. The van der Waals surface area contributed by atoms with E-state index in [1.165, 1.54) is 34.3 Å². The lowest BCUT2D eigenvalue weighted by molar-refractivity contribution is -0.129. The number of amides is 1. The lowest BCUT2D eigenvalue weighted by Gasteiger charge is -2.26. The molecule has 0 spiro atoms. The van der Waals surface area contributed by atoms with Crippen LogP contribution in [0, 0.1) is 5.82 Å². The van der Waals surface area contributed by atoms with Crippen molar-refractivity contribution >= 4 is 29.0 Å². The maximum atomic E-state index is 13.5. The fourth-order valence-electron chi connectivity index (χ4n) is 3.64. The van der Waals surface area contributed by atoms with Gasteiger partial charge in [-0.25, -0.2) is 4.39 Å². The second-order valence-corrected chi connectivity index (χ2v) is 9.15. The quantitative estimate of drug-likeness (QED) is 0.410. The highest BCUT2D eigenvalue weighted by Crippen LogP contribution is 2.29. The summed E-state index contributed by atoms with van der Waals surface area (Å²) in [7, 11) is 0. The zero-order valence-corrected chi connectivity index (χ0v) is 18.2. The molecule has 0 N–H and O–H groups in total. The van der Waals surface area contributed by atoms with Gasteiger partial charge in [0.1, 0.15) is 5.82 Å². The second-order valence-electron chi connectivity index (χ2n) is 7.21. The number of hydrogen-bond acceptors (Lipinski definition) is 5. The van der Waals surface area contributed by atoms with Gasteiger partial charge in [0.05, 0.1) is 5.75 Å². The number of carbonyl (C=O) groups excluding carboxylic acids is 1. The predicted octanol–water partition coefficient (Wildman–Crippen LogP) is 4.81. The molecular formula is C23H19FN4OS2. The summed E-state index contributed by atoms with van der Waals surface area (Å²) in [5.74, 6) is 0.702. The van der Waals surface area contributed by atoms with Crippen molar-refractivity contribution in [3.8, 4) is 17.1 Å². The van der Waals surface area contributed by atoms with E-state index < -0.39 is 0 Å². The van der Waals surface area contributed by atoms with Crippen molar-refractivity contribution in [2.75, 3.05) is 12.3 Å². The third kappa shape index (κ3) is 4.13. The SMILES string of the molecule is O=C(CSc1nnc(-c2ccccc2)n1-c1ccc(F)cc1)N1CCc2sccc2C1. The minimum absolute atomic E-state index is 0.0803. The summed E-state index contributed by atoms with van der Waals surface area (Å²) >= 11 is 3.11. The summed E-state index contributed by atoms with van der Waals surface area (Å²) in [6.45, 7) is 1.41. The van der Waals surface area contributed by atoms with Crippen molar-refractivity contribution in [3.63, 3.8) is 0 Å². The number of nitrogens with zero attached hydrogens (tertiary/aromatic N) is 4. The molecule has 3 heterocycles. The van der Waals surface area contributed by atoms with Crippen molar-refractivity contribution in [3.05, 3.63) is 82.3 Å². The van der Waals surface area contributed by atoms with E-state index in [-0.39, 0.29) is 17.5 Å². The van der Waals surface area contributed by atoms with Gasteiger partial charge in [0.15, 0.2) is 11.0 Å². The molecule has 1 amide bonds. The first kappa shape index (κ1) is 20.0. The molecule has 0 fully saturated rings. The summed E-state index contributed by atoms with van der Waals surface area (Å²) in [5.41, 5.74) is 2.90. The molecule has 0 bridgehead atoms. The Labute approximate surface area is 187 Å². The number of thioether (sulfide) groups is 1. The van der Waals surface area contributed by atoms with Crippen LogP contribution in [-0.4, -0.2) is 37.9 Å². The highest BCUT2D eigenvalue weighted by molar-refractivity contribution is 7.99. The predicted molar refractivity (Wildman–Crippen MR) is 121 cm³/mol. The number of carbonyl (C=O) groups is 1. The van der Waals surface area contributed by atoms with Gasteiger partial charge in [0.2, 0.25) is 5.91 Å². The monoisotopic (exact) mass is 450 g/mol. The zero-order valence-electron chi connectivity index (χ0n) is 16.6. The molecule has 1 aliphatic heterocycles. The largest absolute Gasteiger partial charge is 0.337 e. The Morgan fingerprint density at radius 1 is 1.06 bits per heavy atom. The van der Waals surface area contributed by atoms with Crippen molar-refractivity contribution in [2.45, 2.75) is 18.1 Å². The fraction of sp³-hybridized carbons (Fsp3) is 0.174. The summed E-state index contributed by atoms with van der Waals surface area (Å²) < 4.78 is 15.4. The molecule has 1 aliphatic rings. The normalized spacial score (nSPS) is 13.3. The van der Waals surface area contributed by atoms with E-state index in [1.807, 2.05) is 39.8 Å². The van der Waals surface area contributed by atoms with Gasteiger partial charge in [0, 0.05) is 29.2 Å². The molecule has 5 nitrogen and oxygen atoms in total. The minimum atomic E-state index is -0.305. The molecule has 4 aromatic rings. The average molecular weight is 451 g/mol. The molecule has 5 rings (SSSR count). The molecule has 31 heavy (non-hydrogen) atoms. The maximum absolute atomic E-state index is 13.5. The topological polar surface area (TPSA) is 51.0 Å². The van der Waals surface area contributed by atoms with Crippen LogP contribution in [-0.2, 0) is 17.8 Å². The summed E-state index contributed by atoms with van der Waals surface area (Å²) in [6.07, 6.45) is 0.910. The highest BCUT2D eigenvalue weighted by Gasteiger charge is 2.23. The summed E-state index contributed by atoms with van der Waals surface area (Å²) in [6, 6.07) is 18.0. The number of fused-ring (bicyclic) bond motifs is 1. The van der Waals surface area contributed by atoms with Crippen molar-refractivity contribution in [1.29, 1.82) is 0 Å². The third-order valence-corrected chi connectivity index (χ3v) is 7.17. The highest BCUT2D eigenvalue weighted by atomic mass is 32.2. The standard InChI is InChI=1S/C23H19FN4OS2/c24-18-6-8-19(9-7-18)28-22(16-4-2-1-3-5-16)25-26-23(28)31-15-21(29)27-12-10-20-17(14-27)11-13-30-20/h1-9,11,13H,10,12,14-15H2. The molecule has 0 aliphatic carbocycles.